The van der Waals surface area contributed by atoms with Crippen molar-refractivity contribution in [1.82, 2.24) is 0 Å². The average molecular weight is 272 g/mol. The second-order valence-corrected chi connectivity index (χ2v) is 5.00. The highest BCUT2D eigenvalue weighted by molar-refractivity contribution is 7.80. The molecular formula is C13H17FO3S. The fraction of sp³-hybridized carbons (Fsp3) is 0.462. The van der Waals surface area contributed by atoms with E-state index in [0.717, 1.165) is 0 Å². The number of hydrogen-bond donors (Lipinski definition) is 1. The van der Waals surface area contributed by atoms with Gasteiger partial charge >= 0.3 is 5.97 Å². The molecule has 0 saturated heterocycles. The van der Waals surface area contributed by atoms with Gasteiger partial charge in [-0.15, -0.1) is 12.6 Å². The Bertz CT molecular complexity index is 432. The van der Waals surface area contributed by atoms with E-state index in [2.05, 4.69) is 12.6 Å². The number of thiol groups is 1. The zero-order valence-electron chi connectivity index (χ0n) is 10.7. The van der Waals surface area contributed by atoms with Crippen LogP contribution in [0.3, 0.4) is 0 Å². The van der Waals surface area contributed by atoms with E-state index in [1.165, 1.54) is 18.2 Å². The lowest BCUT2D eigenvalue weighted by Gasteiger charge is -2.22. The van der Waals surface area contributed by atoms with Crippen molar-refractivity contribution in [2.24, 2.45) is 0 Å². The third-order valence-corrected chi connectivity index (χ3v) is 3.01. The summed E-state index contributed by atoms with van der Waals surface area (Å²) in [6.45, 7) is 4.06. The Morgan fingerprint density at radius 3 is 2.67 bits per heavy atom. The fourth-order valence-electron chi connectivity index (χ4n) is 1.21. The van der Waals surface area contributed by atoms with Crippen LogP contribution < -0.4 is 0 Å². The number of esters is 1. The molecule has 0 aliphatic carbocycles. The summed E-state index contributed by atoms with van der Waals surface area (Å²) in [5, 5.41) is 0. The molecule has 100 valence electrons. The molecule has 18 heavy (non-hydrogen) atoms. The van der Waals surface area contributed by atoms with Crippen molar-refractivity contribution in [2.45, 2.75) is 30.8 Å². The summed E-state index contributed by atoms with van der Waals surface area (Å²) in [4.78, 5) is 11.8. The van der Waals surface area contributed by atoms with Crippen LogP contribution in [-0.4, -0.2) is 25.3 Å². The Kier molecular flexibility index (Phi) is 5.16. The van der Waals surface area contributed by atoms with Crippen molar-refractivity contribution in [1.29, 1.82) is 0 Å². The maximum Gasteiger partial charge on any atom is 0.338 e. The van der Waals surface area contributed by atoms with Crippen molar-refractivity contribution in [3.05, 3.63) is 29.6 Å². The van der Waals surface area contributed by atoms with E-state index in [9.17, 15) is 9.18 Å². The molecule has 1 aromatic rings. The van der Waals surface area contributed by atoms with Crippen LogP contribution >= 0.6 is 12.6 Å². The van der Waals surface area contributed by atoms with E-state index in [4.69, 9.17) is 9.47 Å². The first-order valence-electron chi connectivity index (χ1n) is 5.56. The van der Waals surface area contributed by atoms with Gasteiger partial charge in [0.15, 0.2) is 0 Å². The van der Waals surface area contributed by atoms with Gasteiger partial charge in [0.05, 0.1) is 17.8 Å². The Hall–Kier alpha value is -1.07. The number of hydrogen-bond acceptors (Lipinski definition) is 4. The van der Waals surface area contributed by atoms with Gasteiger partial charge in [0.1, 0.15) is 5.82 Å². The van der Waals surface area contributed by atoms with Crippen LogP contribution in [0.5, 0.6) is 0 Å². The summed E-state index contributed by atoms with van der Waals surface area (Å²) < 4.78 is 23.3. The molecule has 0 aliphatic heterocycles. The van der Waals surface area contributed by atoms with E-state index in [1.54, 1.807) is 7.11 Å². The molecule has 1 rings (SSSR count). The number of halogens is 1. The van der Waals surface area contributed by atoms with Gasteiger partial charge < -0.3 is 9.47 Å². The zero-order chi connectivity index (χ0) is 13.8. The molecule has 0 heterocycles. The van der Waals surface area contributed by atoms with Crippen LogP contribution in [-0.2, 0) is 9.47 Å². The predicted octanol–water partition coefficient (Wildman–Crippen LogP) is 3.09. The summed E-state index contributed by atoms with van der Waals surface area (Å²) in [6, 6.07) is 3.92. The quantitative estimate of drug-likeness (QED) is 0.661. The highest BCUT2D eigenvalue weighted by atomic mass is 32.1. The maximum absolute atomic E-state index is 13.0. The van der Waals surface area contributed by atoms with Gasteiger partial charge in [-0.05, 0) is 32.0 Å². The van der Waals surface area contributed by atoms with Crippen LogP contribution in [0.4, 0.5) is 4.39 Å². The highest BCUT2D eigenvalue weighted by Gasteiger charge is 2.17. The lowest BCUT2D eigenvalue weighted by atomic mass is 10.1. The van der Waals surface area contributed by atoms with Gasteiger partial charge in [0.2, 0.25) is 0 Å². The summed E-state index contributed by atoms with van der Waals surface area (Å²) in [5.41, 5.74) is -0.0470. The molecule has 0 aromatic heterocycles. The second-order valence-electron chi connectivity index (χ2n) is 4.52. The first-order chi connectivity index (χ1) is 8.35. The fourth-order valence-corrected chi connectivity index (χ4v) is 1.43. The minimum Gasteiger partial charge on any atom is -0.462 e. The molecule has 0 bridgehead atoms. The molecule has 0 unspecified atom stereocenters. The Morgan fingerprint density at radius 1 is 1.44 bits per heavy atom. The van der Waals surface area contributed by atoms with E-state index in [0.29, 0.717) is 6.42 Å². The van der Waals surface area contributed by atoms with E-state index < -0.39 is 11.8 Å². The Labute approximate surface area is 112 Å². The smallest absolute Gasteiger partial charge is 0.338 e. The number of rotatable bonds is 5. The van der Waals surface area contributed by atoms with Crippen LogP contribution in [0.2, 0.25) is 0 Å². The topological polar surface area (TPSA) is 35.5 Å². The summed E-state index contributed by atoms with van der Waals surface area (Å²) in [6.07, 6.45) is 0.587. The highest BCUT2D eigenvalue weighted by Crippen LogP contribution is 2.16. The lowest BCUT2D eigenvalue weighted by Crippen LogP contribution is -2.25. The minimum atomic E-state index is -0.489. The van der Waals surface area contributed by atoms with Gasteiger partial charge in [0.25, 0.3) is 0 Å². The molecule has 3 nitrogen and oxygen atoms in total. The van der Waals surface area contributed by atoms with Crippen LogP contribution in [0.1, 0.15) is 30.6 Å². The first kappa shape index (κ1) is 15.0. The van der Waals surface area contributed by atoms with Crippen molar-refractivity contribution >= 4 is 18.6 Å². The first-order valence-corrected chi connectivity index (χ1v) is 6.01. The molecule has 0 spiro atoms. The summed E-state index contributed by atoms with van der Waals surface area (Å²) in [5.74, 6) is -0.951. The Balaban J connectivity index is 2.53. The molecule has 0 fully saturated rings. The van der Waals surface area contributed by atoms with Gasteiger partial charge in [-0.1, -0.05) is 0 Å². The largest absolute Gasteiger partial charge is 0.462 e. The molecule has 0 saturated carbocycles. The van der Waals surface area contributed by atoms with Gasteiger partial charge in [-0.3, -0.25) is 0 Å². The molecule has 0 atom stereocenters. The van der Waals surface area contributed by atoms with Gasteiger partial charge in [-0.2, -0.15) is 0 Å². The van der Waals surface area contributed by atoms with Crippen molar-refractivity contribution in [3.63, 3.8) is 0 Å². The summed E-state index contributed by atoms with van der Waals surface area (Å²) in [7, 11) is 1.61. The molecule has 0 radical (unpaired) electrons. The summed E-state index contributed by atoms with van der Waals surface area (Å²) >= 11 is 3.91. The van der Waals surface area contributed by atoms with Crippen molar-refractivity contribution < 1.29 is 18.7 Å². The molecule has 1 aromatic carbocycles. The van der Waals surface area contributed by atoms with E-state index >= 15 is 0 Å². The maximum atomic E-state index is 13.0. The van der Waals surface area contributed by atoms with Crippen LogP contribution in [0.15, 0.2) is 23.1 Å². The van der Waals surface area contributed by atoms with Crippen LogP contribution in [0.25, 0.3) is 0 Å². The van der Waals surface area contributed by atoms with Crippen molar-refractivity contribution in [2.75, 3.05) is 13.7 Å². The number of carbonyl (C=O) groups excluding carboxylic acids is 1. The minimum absolute atomic E-state index is 0.127. The van der Waals surface area contributed by atoms with E-state index in [-0.39, 0.29) is 22.7 Å². The predicted molar refractivity (Wildman–Crippen MR) is 69.6 cm³/mol. The molecule has 0 amide bonds. The third-order valence-electron chi connectivity index (χ3n) is 2.67. The SMILES string of the molecule is COC(C)(C)CCOC(=O)c1ccc(F)c(S)c1. The standard InChI is InChI=1S/C13H17FO3S/c1-13(2,16-3)6-7-17-12(15)9-4-5-10(14)11(18)8-9/h4-5,8,18H,6-7H2,1-3H3. The van der Waals surface area contributed by atoms with Gasteiger partial charge in [-0.25, -0.2) is 9.18 Å². The second kappa shape index (κ2) is 6.20. The number of methoxy groups -OCH3 is 1. The molecular weight excluding hydrogens is 255 g/mol. The number of carbonyl (C=O) groups is 1. The molecule has 5 heteroatoms. The monoisotopic (exact) mass is 272 g/mol. The number of ether oxygens (including phenoxy) is 2. The van der Waals surface area contributed by atoms with Crippen LogP contribution in [0, 0.1) is 5.82 Å². The average Bonchev–Trinajstić information content (AvgIpc) is 2.32. The van der Waals surface area contributed by atoms with Crippen molar-refractivity contribution in [3.8, 4) is 0 Å². The zero-order valence-corrected chi connectivity index (χ0v) is 11.6. The normalized spacial score (nSPS) is 11.4. The Morgan fingerprint density at radius 2 is 2.11 bits per heavy atom. The molecule has 0 N–H and O–H groups in total. The molecule has 0 aliphatic rings. The number of benzene rings is 1. The van der Waals surface area contributed by atoms with Gasteiger partial charge in [0, 0.05) is 18.4 Å². The van der Waals surface area contributed by atoms with E-state index in [1.807, 2.05) is 13.8 Å². The third kappa shape index (κ3) is 4.31. The lowest BCUT2D eigenvalue weighted by molar-refractivity contribution is -0.00564.